The standard InChI is InChI=1S/C22H18F3N5O3/c1-13-17(12-26-29(13)16-10-6-9-15(11-16)22(23,24)25)18(31)28-30-19(32)21(2,27-20(30)33)14-7-4-3-5-8-14/h3-12H,1-2H3,(H,27,33)(H,28,31). The third kappa shape index (κ3) is 3.81. The second-order valence-corrected chi connectivity index (χ2v) is 7.61. The first-order valence-corrected chi connectivity index (χ1v) is 9.78. The van der Waals surface area contributed by atoms with E-state index in [0.29, 0.717) is 10.6 Å². The van der Waals surface area contributed by atoms with Crippen molar-refractivity contribution in [2.45, 2.75) is 25.6 Å². The molecule has 2 aromatic carbocycles. The lowest BCUT2D eigenvalue weighted by molar-refractivity contribution is -0.137. The number of hydrazine groups is 1. The Kier molecular flexibility index (Phi) is 5.19. The van der Waals surface area contributed by atoms with Gasteiger partial charge in [-0.1, -0.05) is 36.4 Å². The topological polar surface area (TPSA) is 96.3 Å². The lowest BCUT2D eigenvalue weighted by atomic mass is 9.92. The minimum atomic E-state index is -4.54. The second kappa shape index (κ2) is 7.76. The number of carbonyl (C=O) groups is 3. The van der Waals surface area contributed by atoms with E-state index in [9.17, 15) is 27.6 Å². The number of alkyl halides is 3. The highest BCUT2D eigenvalue weighted by Gasteiger charge is 2.50. The van der Waals surface area contributed by atoms with Crippen LogP contribution < -0.4 is 10.7 Å². The van der Waals surface area contributed by atoms with Crippen LogP contribution in [0.25, 0.3) is 5.69 Å². The Bertz CT molecular complexity index is 1260. The van der Waals surface area contributed by atoms with Crippen molar-refractivity contribution in [3.05, 3.63) is 83.2 Å². The fourth-order valence-corrected chi connectivity index (χ4v) is 3.58. The number of rotatable bonds is 4. The summed E-state index contributed by atoms with van der Waals surface area (Å²) in [5.74, 6) is -1.50. The summed E-state index contributed by atoms with van der Waals surface area (Å²) in [6.45, 7) is 3.01. The maximum atomic E-state index is 13.0. The van der Waals surface area contributed by atoms with Gasteiger partial charge in [-0.2, -0.15) is 23.3 Å². The van der Waals surface area contributed by atoms with E-state index in [0.717, 1.165) is 18.3 Å². The van der Waals surface area contributed by atoms with Gasteiger partial charge in [0.2, 0.25) is 0 Å². The predicted octanol–water partition coefficient (Wildman–Crippen LogP) is 3.31. The smallest absolute Gasteiger partial charge is 0.318 e. The van der Waals surface area contributed by atoms with Crippen LogP contribution >= 0.6 is 0 Å². The maximum absolute atomic E-state index is 13.0. The first-order chi connectivity index (χ1) is 15.5. The van der Waals surface area contributed by atoms with E-state index < -0.39 is 35.1 Å². The first-order valence-electron chi connectivity index (χ1n) is 9.78. The van der Waals surface area contributed by atoms with Gasteiger partial charge in [0.1, 0.15) is 5.54 Å². The van der Waals surface area contributed by atoms with Crippen LogP contribution in [0.15, 0.2) is 60.8 Å². The highest BCUT2D eigenvalue weighted by Crippen LogP contribution is 2.31. The average Bonchev–Trinajstić information content (AvgIpc) is 3.27. The Morgan fingerprint density at radius 3 is 2.45 bits per heavy atom. The van der Waals surface area contributed by atoms with E-state index in [2.05, 4.69) is 15.8 Å². The van der Waals surface area contributed by atoms with Gasteiger partial charge in [0.15, 0.2) is 0 Å². The fourth-order valence-electron chi connectivity index (χ4n) is 3.58. The molecule has 1 unspecified atom stereocenters. The number of imide groups is 1. The lowest BCUT2D eigenvalue weighted by Crippen LogP contribution is -2.48. The molecule has 8 nitrogen and oxygen atoms in total. The van der Waals surface area contributed by atoms with Crippen molar-refractivity contribution in [2.24, 2.45) is 0 Å². The SMILES string of the molecule is Cc1c(C(=O)NN2C(=O)NC(C)(c3ccccc3)C2=O)cnn1-c1cccc(C(F)(F)F)c1. The number of benzene rings is 2. The van der Waals surface area contributed by atoms with E-state index in [-0.39, 0.29) is 16.9 Å². The van der Waals surface area contributed by atoms with Crippen molar-refractivity contribution < 1.29 is 27.6 Å². The molecule has 2 N–H and O–H groups in total. The quantitative estimate of drug-likeness (QED) is 0.588. The highest BCUT2D eigenvalue weighted by atomic mass is 19.4. The summed E-state index contributed by atoms with van der Waals surface area (Å²) >= 11 is 0. The largest absolute Gasteiger partial charge is 0.416 e. The molecule has 4 amide bonds. The number of aromatic nitrogens is 2. The van der Waals surface area contributed by atoms with Gasteiger partial charge in [-0.3, -0.25) is 15.0 Å². The van der Waals surface area contributed by atoms with Gasteiger partial charge in [0.25, 0.3) is 11.8 Å². The van der Waals surface area contributed by atoms with E-state index in [1.165, 1.54) is 30.7 Å². The molecule has 1 aliphatic heterocycles. The molecule has 2 heterocycles. The van der Waals surface area contributed by atoms with Crippen LogP contribution in [0.1, 0.15) is 34.1 Å². The zero-order valence-corrected chi connectivity index (χ0v) is 17.5. The van der Waals surface area contributed by atoms with Crippen LogP contribution in [0.4, 0.5) is 18.0 Å². The molecule has 1 saturated heterocycles. The summed E-state index contributed by atoms with van der Waals surface area (Å²) in [5.41, 5.74) is 0.882. The molecule has 0 spiro atoms. The Balaban J connectivity index is 1.58. The first kappa shape index (κ1) is 22.1. The number of nitrogens with zero attached hydrogens (tertiary/aromatic N) is 3. The summed E-state index contributed by atoms with van der Waals surface area (Å²) in [7, 11) is 0. The number of amides is 4. The molecule has 33 heavy (non-hydrogen) atoms. The maximum Gasteiger partial charge on any atom is 0.416 e. The zero-order valence-electron chi connectivity index (χ0n) is 17.5. The summed E-state index contributed by atoms with van der Waals surface area (Å²) < 4.78 is 40.3. The second-order valence-electron chi connectivity index (χ2n) is 7.61. The molecule has 1 aliphatic rings. The van der Waals surface area contributed by atoms with E-state index in [4.69, 9.17) is 0 Å². The molecule has 1 atom stereocenters. The van der Waals surface area contributed by atoms with Gasteiger partial charge in [0, 0.05) is 0 Å². The molecule has 11 heteroatoms. The van der Waals surface area contributed by atoms with Crippen molar-refractivity contribution in [2.75, 3.05) is 0 Å². The number of halogens is 3. The molecule has 0 aliphatic carbocycles. The van der Waals surface area contributed by atoms with Gasteiger partial charge in [-0.05, 0) is 37.6 Å². The molecule has 1 aromatic heterocycles. The van der Waals surface area contributed by atoms with Crippen LogP contribution in [0, 0.1) is 6.92 Å². The number of carbonyl (C=O) groups excluding carboxylic acids is 3. The number of nitrogens with one attached hydrogen (secondary N) is 2. The molecular weight excluding hydrogens is 439 g/mol. The minimum Gasteiger partial charge on any atom is -0.318 e. The van der Waals surface area contributed by atoms with Crippen molar-refractivity contribution in [3.8, 4) is 5.69 Å². The molecular formula is C22H18F3N5O3. The van der Waals surface area contributed by atoms with Gasteiger partial charge in [-0.25, -0.2) is 9.48 Å². The summed E-state index contributed by atoms with van der Waals surface area (Å²) in [6.07, 6.45) is -3.38. The monoisotopic (exact) mass is 457 g/mol. The van der Waals surface area contributed by atoms with Gasteiger partial charge in [-0.15, -0.1) is 0 Å². The molecule has 1 fully saturated rings. The summed E-state index contributed by atoms with van der Waals surface area (Å²) in [6, 6.07) is 12.2. The molecule has 0 radical (unpaired) electrons. The summed E-state index contributed by atoms with van der Waals surface area (Å²) in [5, 5.41) is 7.15. The van der Waals surface area contributed by atoms with E-state index in [1.807, 2.05) is 0 Å². The lowest BCUT2D eigenvalue weighted by Gasteiger charge is -2.22. The Hall–Kier alpha value is -4.15. The zero-order chi connectivity index (χ0) is 24.0. The van der Waals surface area contributed by atoms with E-state index in [1.54, 1.807) is 30.3 Å². The third-order valence-electron chi connectivity index (χ3n) is 5.43. The molecule has 0 bridgehead atoms. The van der Waals surface area contributed by atoms with Crippen molar-refractivity contribution in [3.63, 3.8) is 0 Å². The van der Waals surface area contributed by atoms with Crippen LogP contribution in [0.2, 0.25) is 0 Å². The molecule has 3 aromatic rings. The number of hydrogen-bond donors (Lipinski definition) is 2. The van der Waals surface area contributed by atoms with Gasteiger partial charge in [0.05, 0.1) is 28.7 Å². The van der Waals surface area contributed by atoms with Gasteiger partial charge >= 0.3 is 12.2 Å². The van der Waals surface area contributed by atoms with Crippen LogP contribution in [0.5, 0.6) is 0 Å². The van der Waals surface area contributed by atoms with Crippen LogP contribution in [0.3, 0.4) is 0 Å². The van der Waals surface area contributed by atoms with Crippen molar-refractivity contribution in [1.29, 1.82) is 0 Å². The number of urea groups is 1. The predicted molar refractivity (Wildman–Crippen MR) is 110 cm³/mol. The summed E-state index contributed by atoms with van der Waals surface area (Å²) in [4.78, 5) is 38.2. The average molecular weight is 457 g/mol. The normalized spacial score (nSPS) is 18.4. The van der Waals surface area contributed by atoms with Crippen molar-refractivity contribution in [1.82, 2.24) is 25.5 Å². The van der Waals surface area contributed by atoms with Gasteiger partial charge < -0.3 is 5.32 Å². The molecule has 4 rings (SSSR count). The third-order valence-corrected chi connectivity index (χ3v) is 5.43. The Morgan fingerprint density at radius 2 is 1.79 bits per heavy atom. The number of hydrogen-bond acceptors (Lipinski definition) is 4. The molecule has 0 saturated carbocycles. The van der Waals surface area contributed by atoms with E-state index >= 15 is 0 Å². The fraction of sp³-hybridized carbons (Fsp3) is 0.182. The Morgan fingerprint density at radius 1 is 1.09 bits per heavy atom. The van der Waals surface area contributed by atoms with Crippen molar-refractivity contribution >= 4 is 17.8 Å². The van der Waals surface area contributed by atoms with Crippen LogP contribution in [-0.2, 0) is 16.5 Å². The molecule has 170 valence electrons. The highest BCUT2D eigenvalue weighted by molar-refractivity contribution is 6.09. The Labute approximate surface area is 186 Å². The minimum absolute atomic E-state index is 0.0127. The van der Waals surface area contributed by atoms with Crippen LogP contribution in [-0.4, -0.2) is 32.6 Å².